The third-order valence-electron chi connectivity index (χ3n) is 3.15. The van der Waals surface area contributed by atoms with E-state index in [1.807, 2.05) is 0 Å². The molecule has 1 atom stereocenters. The summed E-state index contributed by atoms with van der Waals surface area (Å²) >= 11 is 0. The summed E-state index contributed by atoms with van der Waals surface area (Å²) in [6.45, 7) is 0. The predicted molar refractivity (Wildman–Crippen MR) is 73.4 cm³/mol. The van der Waals surface area contributed by atoms with Gasteiger partial charge in [0.2, 0.25) is 0 Å². The van der Waals surface area contributed by atoms with Gasteiger partial charge < -0.3 is 19.3 Å². The molecule has 20 heavy (non-hydrogen) atoms. The highest BCUT2D eigenvalue weighted by molar-refractivity contribution is 5.46. The van der Waals surface area contributed by atoms with E-state index in [1.165, 1.54) is 0 Å². The predicted octanol–water partition coefficient (Wildman–Crippen LogP) is 1.53. The molecule has 108 valence electrons. The van der Waals surface area contributed by atoms with Crippen LogP contribution < -0.4 is 14.2 Å². The molecule has 1 N–H and O–H groups in total. The van der Waals surface area contributed by atoms with Crippen molar-refractivity contribution in [3.05, 3.63) is 35.7 Å². The van der Waals surface area contributed by atoms with E-state index in [0.29, 0.717) is 28.5 Å². The fraction of sp³-hybridized carbons (Fsp3) is 0.357. The molecule has 0 aliphatic rings. The summed E-state index contributed by atoms with van der Waals surface area (Å²) < 4.78 is 17.2. The molecule has 0 fully saturated rings. The Hall–Kier alpha value is -2.21. The molecule has 0 spiro atoms. The number of aromatic nitrogens is 2. The maximum absolute atomic E-state index is 10.5. The van der Waals surface area contributed by atoms with Gasteiger partial charge in [0.25, 0.3) is 0 Å². The molecule has 6 nitrogen and oxygen atoms in total. The number of aliphatic hydroxyl groups is 1. The minimum atomic E-state index is -0.864. The van der Waals surface area contributed by atoms with Crippen molar-refractivity contribution in [3.63, 3.8) is 0 Å². The standard InChI is InChI=1S/C14H18N2O4/c1-16-13(12(20-4)8-15-16)14(17)9-5-6-10(18-2)11(7-9)19-3/h5-8,14,17H,1-4H3. The van der Waals surface area contributed by atoms with Crippen molar-refractivity contribution < 1.29 is 19.3 Å². The number of aryl methyl sites for hydroxylation is 1. The molecule has 0 saturated heterocycles. The van der Waals surface area contributed by atoms with Crippen LogP contribution in [-0.4, -0.2) is 36.2 Å². The van der Waals surface area contributed by atoms with Crippen molar-refractivity contribution in [1.29, 1.82) is 0 Å². The van der Waals surface area contributed by atoms with Gasteiger partial charge in [-0.15, -0.1) is 0 Å². The van der Waals surface area contributed by atoms with Gasteiger partial charge in [0.15, 0.2) is 17.2 Å². The molecule has 0 saturated carbocycles. The number of benzene rings is 1. The molecule has 0 radical (unpaired) electrons. The third-order valence-corrected chi connectivity index (χ3v) is 3.15. The number of hydrogen-bond acceptors (Lipinski definition) is 5. The largest absolute Gasteiger partial charge is 0.493 e. The molecule has 6 heteroatoms. The minimum absolute atomic E-state index is 0.537. The van der Waals surface area contributed by atoms with Gasteiger partial charge in [-0.3, -0.25) is 4.68 Å². The normalized spacial score (nSPS) is 12.1. The van der Waals surface area contributed by atoms with E-state index in [1.54, 1.807) is 57.5 Å². The molecule has 1 aromatic heterocycles. The third kappa shape index (κ3) is 2.42. The van der Waals surface area contributed by atoms with E-state index in [2.05, 4.69) is 5.10 Å². The zero-order valence-electron chi connectivity index (χ0n) is 12.0. The maximum atomic E-state index is 10.5. The Balaban J connectivity index is 2.42. The van der Waals surface area contributed by atoms with Crippen LogP contribution in [0, 0.1) is 0 Å². The summed E-state index contributed by atoms with van der Waals surface area (Å²) in [6, 6.07) is 5.26. The van der Waals surface area contributed by atoms with Crippen LogP contribution >= 0.6 is 0 Å². The topological polar surface area (TPSA) is 65.7 Å². The molecule has 0 amide bonds. The lowest BCUT2D eigenvalue weighted by Gasteiger charge is -2.15. The van der Waals surface area contributed by atoms with Gasteiger partial charge in [0, 0.05) is 7.05 Å². The Kier molecular flexibility index (Phi) is 4.14. The summed E-state index contributed by atoms with van der Waals surface area (Å²) in [6.07, 6.45) is 0.705. The zero-order chi connectivity index (χ0) is 14.7. The molecule has 2 rings (SSSR count). The Morgan fingerprint density at radius 1 is 1.05 bits per heavy atom. The second-order valence-electron chi connectivity index (χ2n) is 4.24. The fourth-order valence-electron chi connectivity index (χ4n) is 2.08. The second-order valence-corrected chi connectivity index (χ2v) is 4.24. The number of hydrogen-bond donors (Lipinski definition) is 1. The van der Waals surface area contributed by atoms with Crippen molar-refractivity contribution in [2.24, 2.45) is 7.05 Å². The minimum Gasteiger partial charge on any atom is -0.493 e. The molecule has 0 aliphatic heterocycles. The van der Waals surface area contributed by atoms with Crippen molar-refractivity contribution in [1.82, 2.24) is 9.78 Å². The van der Waals surface area contributed by atoms with Crippen LogP contribution in [0.5, 0.6) is 17.2 Å². The summed E-state index contributed by atoms with van der Waals surface area (Å²) in [7, 11) is 6.42. The van der Waals surface area contributed by atoms with Gasteiger partial charge >= 0.3 is 0 Å². The Morgan fingerprint density at radius 2 is 1.70 bits per heavy atom. The van der Waals surface area contributed by atoms with E-state index in [9.17, 15) is 5.11 Å². The van der Waals surface area contributed by atoms with E-state index in [4.69, 9.17) is 14.2 Å². The molecule has 2 aromatic rings. The van der Waals surface area contributed by atoms with Crippen LogP contribution in [0.3, 0.4) is 0 Å². The summed E-state index contributed by atoms with van der Waals surface area (Å²) in [5.41, 5.74) is 1.25. The summed E-state index contributed by atoms with van der Waals surface area (Å²) in [5, 5.41) is 14.6. The molecular formula is C14H18N2O4. The molecule has 1 unspecified atom stereocenters. The van der Waals surface area contributed by atoms with Crippen LogP contribution in [-0.2, 0) is 7.05 Å². The smallest absolute Gasteiger partial charge is 0.162 e. The Morgan fingerprint density at radius 3 is 2.30 bits per heavy atom. The molecule has 0 aliphatic carbocycles. The fourth-order valence-corrected chi connectivity index (χ4v) is 2.08. The van der Waals surface area contributed by atoms with Crippen LogP contribution in [0.1, 0.15) is 17.4 Å². The first-order valence-corrected chi connectivity index (χ1v) is 6.08. The van der Waals surface area contributed by atoms with Gasteiger partial charge in [-0.2, -0.15) is 5.10 Å². The van der Waals surface area contributed by atoms with Gasteiger partial charge in [-0.05, 0) is 17.7 Å². The highest BCUT2D eigenvalue weighted by Gasteiger charge is 2.21. The van der Waals surface area contributed by atoms with E-state index >= 15 is 0 Å². The average molecular weight is 278 g/mol. The van der Waals surface area contributed by atoms with Crippen molar-refractivity contribution in [2.45, 2.75) is 6.10 Å². The van der Waals surface area contributed by atoms with Crippen LogP contribution in [0.15, 0.2) is 24.4 Å². The van der Waals surface area contributed by atoms with Gasteiger partial charge in [-0.1, -0.05) is 6.07 Å². The van der Waals surface area contributed by atoms with Crippen LogP contribution in [0.4, 0.5) is 0 Å². The second kappa shape index (κ2) is 5.83. The lowest BCUT2D eigenvalue weighted by molar-refractivity contribution is 0.203. The first-order valence-electron chi connectivity index (χ1n) is 6.08. The molecule has 1 aromatic carbocycles. The van der Waals surface area contributed by atoms with Crippen molar-refractivity contribution >= 4 is 0 Å². The van der Waals surface area contributed by atoms with Crippen molar-refractivity contribution in [3.8, 4) is 17.2 Å². The molecule has 0 bridgehead atoms. The number of rotatable bonds is 5. The Bertz CT molecular complexity index is 595. The SMILES string of the molecule is COc1ccc(C(O)c2c(OC)cnn2C)cc1OC. The monoisotopic (exact) mass is 278 g/mol. The average Bonchev–Trinajstić information content (AvgIpc) is 2.86. The highest BCUT2D eigenvalue weighted by atomic mass is 16.5. The number of ether oxygens (including phenoxy) is 3. The van der Waals surface area contributed by atoms with Gasteiger partial charge in [0.05, 0.1) is 27.5 Å². The molecule has 1 heterocycles. The van der Waals surface area contributed by atoms with E-state index < -0.39 is 6.10 Å². The van der Waals surface area contributed by atoms with Crippen LogP contribution in [0.25, 0.3) is 0 Å². The summed E-state index contributed by atoms with van der Waals surface area (Å²) in [5.74, 6) is 1.71. The highest BCUT2D eigenvalue weighted by Crippen LogP contribution is 2.34. The number of methoxy groups -OCH3 is 3. The first kappa shape index (κ1) is 14.2. The number of nitrogens with zero attached hydrogens (tertiary/aromatic N) is 2. The van der Waals surface area contributed by atoms with Gasteiger partial charge in [-0.25, -0.2) is 0 Å². The number of aliphatic hydroxyl groups excluding tert-OH is 1. The van der Waals surface area contributed by atoms with E-state index in [0.717, 1.165) is 0 Å². The van der Waals surface area contributed by atoms with Gasteiger partial charge in [0.1, 0.15) is 11.8 Å². The quantitative estimate of drug-likeness (QED) is 0.898. The lowest BCUT2D eigenvalue weighted by Crippen LogP contribution is -2.08. The first-order chi connectivity index (χ1) is 9.62. The van der Waals surface area contributed by atoms with Crippen LogP contribution in [0.2, 0.25) is 0 Å². The van der Waals surface area contributed by atoms with E-state index in [-0.39, 0.29) is 0 Å². The zero-order valence-corrected chi connectivity index (χ0v) is 12.0. The maximum Gasteiger partial charge on any atom is 0.162 e. The lowest BCUT2D eigenvalue weighted by atomic mass is 10.1. The van der Waals surface area contributed by atoms with Crippen molar-refractivity contribution in [2.75, 3.05) is 21.3 Å². The molecular weight excluding hydrogens is 260 g/mol. The Labute approximate surface area is 117 Å². The summed E-state index contributed by atoms with van der Waals surface area (Å²) in [4.78, 5) is 0.